The van der Waals surface area contributed by atoms with Crippen LogP contribution < -0.4 is 4.90 Å². The average molecular weight is 274 g/mol. The number of nitro benzene ring substituents is 1. The van der Waals surface area contributed by atoms with Crippen LogP contribution >= 0.6 is 0 Å². The van der Waals surface area contributed by atoms with E-state index in [0.717, 1.165) is 5.69 Å². The van der Waals surface area contributed by atoms with E-state index >= 15 is 0 Å². The number of anilines is 1. The van der Waals surface area contributed by atoms with E-state index in [0.29, 0.717) is 18.7 Å². The van der Waals surface area contributed by atoms with Gasteiger partial charge in [0.25, 0.3) is 0 Å². The fourth-order valence-corrected chi connectivity index (χ4v) is 2.06. The molecule has 0 fully saturated rings. The van der Waals surface area contributed by atoms with Crippen molar-refractivity contribution in [2.24, 2.45) is 0 Å². The Labute approximate surface area is 116 Å². The third kappa shape index (κ3) is 2.93. The first kappa shape index (κ1) is 14.0. The van der Waals surface area contributed by atoms with E-state index < -0.39 is 16.4 Å². The van der Waals surface area contributed by atoms with Crippen LogP contribution in [-0.2, 0) is 6.54 Å². The molecule has 2 aromatic carbocycles. The zero-order valence-electron chi connectivity index (χ0n) is 11.1. The number of para-hydroxylation sites is 1. The van der Waals surface area contributed by atoms with Gasteiger partial charge in [-0.25, -0.2) is 0 Å². The second-order valence-corrected chi connectivity index (χ2v) is 4.36. The molecule has 0 spiro atoms. The molecule has 0 N–H and O–H groups in total. The van der Waals surface area contributed by atoms with Crippen LogP contribution in [0.1, 0.15) is 12.5 Å². The Bertz CT molecular complexity index is 602. The quantitative estimate of drug-likeness (QED) is 0.616. The number of halogens is 1. The van der Waals surface area contributed by atoms with Crippen molar-refractivity contribution in [3.05, 3.63) is 70.0 Å². The Hall–Kier alpha value is -2.43. The van der Waals surface area contributed by atoms with Gasteiger partial charge in [0.1, 0.15) is 0 Å². The van der Waals surface area contributed by atoms with Crippen molar-refractivity contribution >= 4 is 11.4 Å². The minimum Gasteiger partial charge on any atom is -0.367 e. The van der Waals surface area contributed by atoms with Crippen molar-refractivity contribution in [3.8, 4) is 0 Å². The molecule has 0 atom stereocenters. The summed E-state index contributed by atoms with van der Waals surface area (Å²) in [5.41, 5.74) is 0.803. The van der Waals surface area contributed by atoms with Crippen LogP contribution in [-0.4, -0.2) is 11.5 Å². The molecule has 0 unspecified atom stereocenters. The molecule has 0 saturated heterocycles. The fourth-order valence-electron chi connectivity index (χ4n) is 2.06. The molecule has 0 radical (unpaired) electrons. The molecule has 2 aromatic rings. The Morgan fingerprint density at radius 3 is 2.45 bits per heavy atom. The third-order valence-electron chi connectivity index (χ3n) is 3.12. The lowest BCUT2D eigenvalue weighted by Gasteiger charge is -2.23. The van der Waals surface area contributed by atoms with Crippen molar-refractivity contribution in [2.45, 2.75) is 13.5 Å². The Morgan fingerprint density at radius 1 is 1.15 bits per heavy atom. The van der Waals surface area contributed by atoms with Gasteiger partial charge in [0.2, 0.25) is 5.82 Å². The standard InChI is InChI=1S/C15H15FN2O2/c1-2-17(13-8-4-3-5-9-13)11-12-7-6-10-14(15(12)16)18(19)20/h3-10H,2,11H2,1H3. The van der Waals surface area contributed by atoms with Crippen LogP contribution in [0.3, 0.4) is 0 Å². The maximum absolute atomic E-state index is 14.1. The fraction of sp³-hybridized carbons (Fsp3) is 0.200. The summed E-state index contributed by atoms with van der Waals surface area (Å²) in [5, 5.41) is 10.8. The largest absolute Gasteiger partial charge is 0.367 e. The summed E-state index contributed by atoms with van der Waals surface area (Å²) in [4.78, 5) is 12.0. The minimum atomic E-state index is -0.758. The van der Waals surface area contributed by atoms with Gasteiger partial charge in [0.15, 0.2) is 0 Å². The zero-order valence-corrected chi connectivity index (χ0v) is 11.1. The predicted octanol–water partition coefficient (Wildman–Crippen LogP) is 3.76. The van der Waals surface area contributed by atoms with Gasteiger partial charge in [-0.3, -0.25) is 10.1 Å². The molecule has 0 bridgehead atoms. The maximum Gasteiger partial charge on any atom is 0.305 e. The lowest BCUT2D eigenvalue weighted by atomic mass is 10.1. The third-order valence-corrected chi connectivity index (χ3v) is 3.12. The Morgan fingerprint density at radius 2 is 1.85 bits per heavy atom. The average Bonchev–Trinajstić information content (AvgIpc) is 2.47. The van der Waals surface area contributed by atoms with Gasteiger partial charge in [0.05, 0.1) is 4.92 Å². The summed E-state index contributed by atoms with van der Waals surface area (Å²) < 4.78 is 14.1. The van der Waals surface area contributed by atoms with Crippen LogP contribution in [0.15, 0.2) is 48.5 Å². The predicted molar refractivity (Wildman–Crippen MR) is 76.2 cm³/mol. The van der Waals surface area contributed by atoms with E-state index in [1.54, 1.807) is 6.07 Å². The number of benzene rings is 2. The highest BCUT2D eigenvalue weighted by atomic mass is 19.1. The highest BCUT2D eigenvalue weighted by Gasteiger charge is 2.18. The van der Waals surface area contributed by atoms with Crippen LogP contribution in [0.2, 0.25) is 0 Å². The first-order chi connectivity index (χ1) is 9.63. The first-order valence-electron chi connectivity index (χ1n) is 6.35. The molecule has 0 aliphatic heterocycles. The van der Waals surface area contributed by atoms with Crippen LogP contribution in [0.25, 0.3) is 0 Å². The molecule has 0 aliphatic carbocycles. The van der Waals surface area contributed by atoms with Crippen LogP contribution in [0.5, 0.6) is 0 Å². The maximum atomic E-state index is 14.1. The number of nitro groups is 1. The molecule has 20 heavy (non-hydrogen) atoms. The molecule has 0 saturated carbocycles. The van der Waals surface area contributed by atoms with Crippen LogP contribution in [0, 0.1) is 15.9 Å². The van der Waals surface area contributed by atoms with Gasteiger partial charge >= 0.3 is 5.69 Å². The molecule has 5 heteroatoms. The number of nitrogens with zero attached hydrogens (tertiary/aromatic N) is 2. The van der Waals surface area contributed by atoms with Gasteiger partial charge in [-0.1, -0.05) is 30.3 Å². The molecule has 0 heterocycles. The van der Waals surface area contributed by atoms with Crippen molar-refractivity contribution < 1.29 is 9.31 Å². The lowest BCUT2D eigenvalue weighted by Crippen LogP contribution is -2.22. The van der Waals surface area contributed by atoms with E-state index in [4.69, 9.17) is 0 Å². The minimum absolute atomic E-state index is 0.300. The normalized spacial score (nSPS) is 10.3. The SMILES string of the molecule is CCN(Cc1cccc([N+](=O)[O-])c1F)c1ccccc1. The van der Waals surface area contributed by atoms with Gasteiger partial charge in [-0.05, 0) is 19.1 Å². The van der Waals surface area contributed by atoms with Gasteiger partial charge in [0, 0.05) is 30.4 Å². The summed E-state index contributed by atoms with van der Waals surface area (Å²) in [5.74, 6) is -0.758. The van der Waals surface area contributed by atoms with Gasteiger partial charge in [-0.2, -0.15) is 4.39 Å². The second kappa shape index (κ2) is 6.14. The highest BCUT2D eigenvalue weighted by molar-refractivity contribution is 5.47. The number of hydrogen-bond acceptors (Lipinski definition) is 3. The number of rotatable bonds is 5. The van der Waals surface area contributed by atoms with Gasteiger partial charge in [-0.15, -0.1) is 0 Å². The lowest BCUT2D eigenvalue weighted by molar-refractivity contribution is -0.387. The van der Waals surface area contributed by atoms with E-state index in [1.807, 2.05) is 42.2 Å². The number of hydrogen-bond donors (Lipinski definition) is 0. The molecular weight excluding hydrogens is 259 g/mol. The molecular formula is C15H15FN2O2. The highest BCUT2D eigenvalue weighted by Crippen LogP contribution is 2.23. The van der Waals surface area contributed by atoms with E-state index in [2.05, 4.69) is 0 Å². The smallest absolute Gasteiger partial charge is 0.305 e. The summed E-state index contributed by atoms with van der Waals surface area (Å²) in [6.07, 6.45) is 0. The molecule has 104 valence electrons. The Balaban J connectivity index is 2.29. The molecule has 4 nitrogen and oxygen atoms in total. The first-order valence-corrected chi connectivity index (χ1v) is 6.35. The summed E-state index contributed by atoms with van der Waals surface area (Å²) in [6, 6.07) is 13.8. The van der Waals surface area contributed by atoms with Crippen molar-refractivity contribution in [2.75, 3.05) is 11.4 Å². The Kier molecular flexibility index (Phi) is 4.30. The second-order valence-electron chi connectivity index (χ2n) is 4.36. The summed E-state index contributed by atoms with van der Waals surface area (Å²) >= 11 is 0. The molecule has 2 rings (SSSR count). The summed E-state index contributed by atoms with van der Waals surface area (Å²) in [6.45, 7) is 2.95. The van der Waals surface area contributed by atoms with Crippen molar-refractivity contribution in [3.63, 3.8) is 0 Å². The molecule has 0 aliphatic rings. The van der Waals surface area contributed by atoms with E-state index in [9.17, 15) is 14.5 Å². The van der Waals surface area contributed by atoms with Crippen molar-refractivity contribution in [1.82, 2.24) is 0 Å². The monoisotopic (exact) mass is 274 g/mol. The molecule has 0 aromatic heterocycles. The van der Waals surface area contributed by atoms with Gasteiger partial charge < -0.3 is 4.90 Å². The van der Waals surface area contributed by atoms with E-state index in [-0.39, 0.29) is 0 Å². The zero-order chi connectivity index (χ0) is 14.5. The van der Waals surface area contributed by atoms with Crippen molar-refractivity contribution in [1.29, 1.82) is 0 Å². The summed E-state index contributed by atoms with van der Waals surface area (Å²) in [7, 11) is 0. The van der Waals surface area contributed by atoms with E-state index in [1.165, 1.54) is 12.1 Å². The topological polar surface area (TPSA) is 46.4 Å². The molecule has 0 amide bonds. The van der Waals surface area contributed by atoms with Crippen LogP contribution in [0.4, 0.5) is 15.8 Å².